The van der Waals surface area contributed by atoms with Crippen molar-refractivity contribution in [1.82, 2.24) is 4.98 Å². The third-order valence-electron chi connectivity index (χ3n) is 12.0. The highest BCUT2D eigenvalue weighted by Gasteiger charge is 2.20. The summed E-state index contributed by atoms with van der Waals surface area (Å²) in [6.45, 7) is 0. The predicted molar refractivity (Wildman–Crippen MR) is 247 cm³/mol. The lowest BCUT2D eigenvalue weighted by Crippen LogP contribution is -2.10. The summed E-state index contributed by atoms with van der Waals surface area (Å²) < 4.78 is 19.5. The van der Waals surface area contributed by atoms with Crippen LogP contribution >= 0.6 is 0 Å². The van der Waals surface area contributed by atoms with Crippen molar-refractivity contribution in [1.29, 1.82) is 0 Å². The summed E-state index contributed by atoms with van der Waals surface area (Å²) in [5.74, 6) is 0.609. The first-order valence-corrected chi connectivity index (χ1v) is 20.2. The maximum atomic E-state index is 6.63. The first-order valence-electron chi connectivity index (χ1n) is 20.2. The van der Waals surface area contributed by atoms with E-state index >= 15 is 0 Å². The Kier molecular flexibility index (Phi) is 6.95. The van der Waals surface area contributed by atoms with Crippen LogP contribution in [0.2, 0.25) is 0 Å². The van der Waals surface area contributed by atoms with Gasteiger partial charge in [-0.1, -0.05) is 109 Å². The van der Waals surface area contributed by atoms with Gasteiger partial charge in [0.25, 0.3) is 0 Å². The lowest BCUT2D eigenvalue weighted by Gasteiger charge is -2.26. The van der Waals surface area contributed by atoms with E-state index in [1.807, 2.05) is 42.5 Å². The van der Waals surface area contributed by atoms with Gasteiger partial charge in [0.05, 0.1) is 0 Å². The highest BCUT2D eigenvalue weighted by atomic mass is 16.3. The van der Waals surface area contributed by atoms with Gasteiger partial charge in [0.1, 0.15) is 27.8 Å². The van der Waals surface area contributed by atoms with Gasteiger partial charge in [0, 0.05) is 49.6 Å². The van der Waals surface area contributed by atoms with Crippen LogP contribution in [0.4, 0.5) is 17.1 Å². The molecule has 5 nitrogen and oxygen atoms in total. The maximum absolute atomic E-state index is 6.63. The molecule has 60 heavy (non-hydrogen) atoms. The Balaban J connectivity index is 1.06. The van der Waals surface area contributed by atoms with E-state index in [9.17, 15) is 0 Å². The van der Waals surface area contributed by atoms with Crippen LogP contribution in [-0.4, -0.2) is 4.98 Å². The summed E-state index contributed by atoms with van der Waals surface area (Å²) in [5, 5.41) is 11.0. The Hall–Kier alpha value is -8.15. The van der Waals surface area contributed by atoms with E-state index in [2.05, 4.69) is 157 Å². The van der Waals surface area contributed by atoms with E-state index in [1.54, 1.807) is 0 Å². The van der Waals surface area contributed by atoms with Crippen molar-refractivity contribution in [3.63, 3.8) is 0 Å². The monoisotopic (exact) mass is 768 g/mol. The number of nitrogens with zero attached hydrogens (tertiary/aromatic N) is 2. The second kappa shape index (κ2) is 12.7. The van der Waals surface area contributed by atoms with Gasteiger partial charge < -0.3 is 18.2 Å². The molecule has 13 rings (SSSR count). The quantitative estimate of drug-likeness (QED) is 0.163. The van der Waals surface area contributed by atoms with E-state index in [0.717, 1.165) is 121 Å². The van der Waals surface area contributed by atoms with Crippen LogP contribution in [-0.2, 0) is 0 Å². The Morgan fingerprint density at radius 1 is 0.350 bits per heavy atom. The fourth-order valence-electron chi connectivity index (χ4n) is 9.21. The van der Waals surface area contributed by atoms with Crippen molar-refractivity contribution in [3.8, 4) is 22.6 Å². The Labute approximate surface area is 342 Å². The molecule has 280 valence electrons. The van der Waals surface area contributed by atoms with Crippen LogP contribution < -0.4 is 4.90 Å². The first kappa shape index (κ1) is 32.9. The summed E-state index contributed by atoms with van der Waals surface area (Å²) in [4.78, 5) is 7.29. The topological polar surface area (TPSA) is 55.6 Å². The van der Waals surface area contributed by atoms with E-state index in [1.165, 1.54) is 0 Å². The summed E-state index contributed by atoms with van der Waals surface area (Å²) >= 11 is 0. The summed E-state index contributed by atoms with van der Waals surface area (Å²) in [6.07, 6.45) is 0. The number of hydrogen-bond acceptors (Lipinski definition) is 5. The second-order valence-electron chi connectivity index (χ2n) is 15.5. The van der Waals surface area contributed by atoms with Gasteiger partial charge in [-0.25, -0.2) is 4.98 Å². The third-order valence-corrected chi connectivity index (χ3v) is 12.0. The van der Waals surface area contributed by atoms with Crippen LogP contribution in [0.1, 0.15) is 0 Å². The fourth-order valence-corrected chi connectivity index (χ4v) is 9.21. The van der Waals surface area contributed by atoms with Crippen molar-refractivity contribution in [2.45, 2.75) is 0 Å². The summed E-state index contributed by atoms with van der Waals surface area (Å²) in [6, 6.07) is 68.1. The average molecular weight is 769 g/mol. The van der Waals surface area contributed by atoms with E-state index in [0.29, 0.717) is 5.89 Å². The Bertz CT molecular complexity index is 3840. The lowest BCUT2D eigenvalue weighted by atomic mass is 9.98. The van der Waals surface area contributed by atoms with Crippen molar-refractivity contribution in [2.24, 2.45) is 0 Å². The molecule has 0 saturated heterocycles. The highest BCUT2D eigenvalue weighted by Crippen LogP contribution is 2.44. The molecule has 0 radical (unpaired) electrons. The number of furan rings is 2. The molecule has 3 aromatic heterocycles. The maximum Gasteiger partial charge on any atom is 0.227 e. The second-order valence-corrected chi connectivity index (χ2v) is 15.5. The predicted octanol–water partition coefficient (Wildman–Crippen LogP) is 15.9. The number of hydrogen-bond donors (Lipinski definition) is 0. The fraction of sp³-hybridized carbons (Fsp3) is 0. The zero-order valence-corrected chi connectivity index (χ0v) is 32.1. The van der Waals surface area contributed by atoms with Gasteiger partial charge in [-0.05, 0) is 123 Å². The molecule has 0 unspecified atom stereocenters. The minimum Gasteiger partial charge on any atom is -0.456 e. The highest BCUT2D eigenvalue weighted by molar-refractivity contribution is 6.19. The molecule has 0 aliphatic carbocycles. The van der Waals surface area contributed by atoms with Gasteiger partial charge in [-0.15, -0.1) is 0 Å². The van der Waals surface area contributed by atoms with Crippen LogP contribution in [0.25, 0.3) is 110 Å². The molecule has 13 aromatic rings. The number of para-hydroxylation sites is 1. The summed E-state index contributed by atoms with van der Waals surface area (Å²) in [7, 11) is 0. The molecule has 0 N–H and O–H groups in total. The standard InChI is InChI=1S/C55H32N2O3/c1-3-10-33(11-4-1)42-15-9-17-50-53(42)46-32-41(25-27-49(46)58-50)57(39-24-21-37-29-45-43-14-7-8-16-48(43)59-51(45)30-38(37)28-39)40-23-20-34-18-19-35-22-26-47-54(52(35)44(34)31-40)60-55(56-47)36-12-5-2-6-13-36/h1-32H. The van der Waals surface area contributed by atoms with E-state index < -0.39 is 0 Å². The molecule has 5 heteroatoms. The lowest BCUT2D eigenvalue weighted by molar-refractivity contribution is 0.623. The molecule has 10 aromatic carbocycles. The summed E-state index contributed by atoms with van der Waals surface area (Å²) in [5.41, 5.74) is 11.3. The first-order chi connectivity index (χ1) is 29.7. The van der Waals surface area contributed by atoms with Gasteiger partial charge in [-0.2, -0.15) is 0 Å². The zero-order valence-electron chi connectivity index (χ0n) is 32.1. The molecular weight excluding hydrogens is 737 g/mol. The smallest absolute Gasteiger partial charge is 0.227 e. The van der Waals surface area contributed by atoms with Crippen molar-refractivity contribution in [2.75, 3.05) is 4.90 Å². The van der Waals surface area contributed by atoms with Gasteiger partial charge in [0.2, 0.25) is 5.89 Å². The third kappa shape index (κ3) is 5.03. The average Bonchev–Trinajstić information content (AvgIpc) is 4.02. The molecular formula is C55H32N2O3. The number of benzene rings is 10. The van der Waals surface area contributed by atoms with E-state index in [4.69, 9.17) is 18.2 Å². The molecule has 0 aliphatic heterocycles. The minimum atomic E-state index is 0.609. The van der Waals surface area contributed by atoms with Crippen LogP contribution in [0.15, 0.2) is 207 Å². The number of fused-ring (bicyclic) bond motifs is 12. The molecule has 0 saturated carbocycles. The number of anilines is 3. The van der Waals surface area contributed by atoms with Gasteiger partial charge in [-0.3, -0.25) is 0 Å². The molecule has 3 heterocycles. The van der Waals surface area contributed by atoms with Crippen molar-refractivity contribution in [3.05, 3.63) is 194 Å². The molecule has 0 atom stereocenters. The van der Waals surface area contributed by atoms with E-state index in [-0.39, 0.29) is 0 Å². The molecule has 0 aliphatic rings. The largest absolute Gasteiger partial charge is 0.456 e. The van der Waals surface area contributed by atoms with Gasteiger partial charge >= 0.3 is 0 Å². The normalized spacial score (nSPS) is 12.0. The number of aromatic nitrogens is 1. The molecule has 0 amide bonds. The van der Waals surface area contributed by atoms with Crippen molar-refractivity contribution < 1.29 is 13.3 Å². The molecule has 0 fully saturated rings. The number of oxazole rings is 1. The van der Waals surface area contributed by atoms with Crippen LogP contribution in [0, 0.1) is 0 Å². The number of rotatable bonds is 5. The zero-order chi connectivity index (χ0) is 39.3. The van der Waals surface area contributed by atoms with Crippen LogP contribution in [0.3, 0.4) is 0 Å². The minimum absolute atomic E-state index is 0.609. The van der Waals surface area contributed by atoms with Crippen molar-refractivity contribution >= 4 is 104 Å². The molecule has 0 bridgehead atoms. The van der Waals surface area contributed by atoms with Crippen LogP contribution in [0.5, 0.6) is 0 Å². The van der Waals surface area contributed by atoms with Gasteiger partial charge in [0.15, 0.2) is 5.58 Å². The Morgan fingerprint density at radius 3 is 1.87 bits per heavy atom. The Morgan fingerprint density at radius 2 is 1.00 bits per heavy atom. The SMILES string of the molecule is c1ccc(-c2nc3ccc4ccc5ccc(N(c6ccc7cc8c(cc7c6)oc6ccccc68)c6ccc7oc8cccc(-c9ccccc9)c8c7c6)cc5c4c3o2)cc1. The molecule has 0 spiro atoms.